The van der Waals surface area contributed by atoms with E-state index in [2.05, 4.69) is 0 Å². The lowest BCUT2D eigenvalue weighted by molar-refractivity contribution is -0.116. The predicted octanol–water partition coefficient (Wildman–Crippen LogP) is 2.49. The topological polar surface area (TPSA) is 46.5 Å². The highest BCUT2D eigenvalue weighted by molar-refractivity contribution is 6.32. The number of carbonyl (C=O) groups excluding carboxylic acids is 1. The van der Waals surface area contributed by atoms with Gasteiger partial charge >= 0.3 is 0 Å². The first kappa shape index (κ1) is 11.9. The number of benzene rings is 1. The molecular formula is C11H13ClO3. The summed E-state index contributed by atoms with van der Waals surface area (Å²) >= 11 is 6.00. The van der Waals surface area contributed by atoms with Gasteiger partial charge in [-0.1, -0.05) is 11.6 Å². The van der Waals surface area contributed by atoms with Gasteiger partial charge in [-0.25, -0.2) is 0 Å². The first-order valence-corrected chi connectivity index (χ1v) is 4.89. The maximum absolute atomic E-state index is 11.0. The van der Waals surface area contributed by atoms with Crippen LogP contribution in [0.25, 0.3) is 0 Å². The Balaban J connectivity index is 3.33. The molecule has 0 aliphatic carbocycles. The SMILES string of the molecule is COc1cc(C)c(Cl)c(CC(C)=O)c1O. The highest BCUT2D eigenvalue weighted by Crippen LogP contribution is 2.37. The van der Waals surface area contributed by atoms with E-state index in [0.717, 1.165) is 5.56 Å². The quantitative estimate of drug-likeness (QED) is 0.865. The van der Waals surface area contributed by atoms with Crippen LogP contribution >= 0.6 is 11.6 Å². The molecular weight excluding hydrogens is 216 g/mol. The van der Waals surface area contributed by atoms with Crippen molar-refractivity contribution in [1.82, 2.24) is 0 Å². The number of halogens is 1. The number of ether oxygens (including phenoxy) is 1. The molecule has 0 aromatic heterocycles. The molecule has 82 valence electrons. The van der Waals surface area contributed by atoms with Crippen molar-refractivity contribution in [2.45, 2.75) is 20.3 Å². The summed E-state index contributed by atoms with van der Waals surface area (Å²) in [4.78, 5) is 11.0. The Hall–Kier alpha value is -1.22. The molecule has 0 spiro atoms. The van der Waals surface area contributed by atoms with E-state index in [1.165, 1.54) is 14.0 Å². The third-order valence-corrected chi connectivity index (χ3v) is 2.65. The average Bonchev–Trinajstić information content (AvgIpc) is 2.18. The first-order chi connectivity index (χ1) is 6.97. The van der Waals surface area contributed by atoms with Gasteiger partial charge in [0.1, 0.15) is 5.78 Å². The lowest BCUT2D eigenvalue weighted by Gasteiger charge is -2.12. The van der Waals surface area contributed by atoms with E-state index in [0.29, 0.717) is 16.3 Å². The Morgan fingerprint density at radius 1 is 1.60 bits per heavy atom. The maximum Gasteiger partial charge on any atom is 0.162 e. The third-order valence-electron chi connectivity index (χ3n) is 2.12. The van der Waals surface area contributed by atoms with Gasteiger partial charge in [0.15, 0.2) is 11.5 Å². The van der Waals surface area contributed by atoms with Crippen LogP contribution in [0.2, 0.25) is 5.02 Å². The van der Waals surface area contributed by atoms with Gasteiger partial charge < -0.3 is 9.84 Å². The molecule has 0 saturated carbocycles. The molecule has 0 saturated heterocycles. The fourth-order valence-electron chi connectivity index (χ4n) is 1.38. The normalized spacial score (nSPS) is 10.1. The number of aromatic hydroxyl groups is 1. The molecule has 0 heterocycles. The van der Waals surface area contributed by atoms with Crippen LogP contribution in [0.4, 0.5) is 0 Å². The molecule has 0 unspecified atom stereocenters. The zero-order chi connectivity index (χ0) is 11.6. The van der Waals surface area contributed by atoms with Gasteiger partial charge in [0.2, 0.25) is 0 Å². The largest absolute Gasteiger partial charge is 0.504 e. The summed E-state index contributed by atoms with van der Waals surface area (Å²) in [6.45, 7) is 3.25. The smallest absolute Gasteiger partial charge is 0.162 e. The first-order valence-electron chi connectivity index (χ1n) is 4.51. The van der Waals surface area contributed by atoms with Crippen LogP contribution in [0.3, 0.4) is 0 Å². The van der Waals surface area contributed by atoms with E-state index in [1.807, 2.05) is 0 Å². The molecule has 0 aliphatic rings. The Morgan fingerprint density at radius 2 is 2.20 bits per heavy atom. The molecule has 1 rings (SSSR count). The van der Waals surface area contributed by atoms with E-state index in [-0.39, 0.29) is 18.0 Å². The molecule has 0 bridgehead atoms. The summed E-state index contributed by atoms with van der Waals surface area (Å²) in [5.41, 5.74) is 1.21. The van der Waals surface area contributed by atoms with Crippen molar-refractivity contribution in [2.75, 3.05) is 7.11 Å². The summed E-state index contributed by atoms with van der Waals surface area (Å²) < 4.78 is 4.98. The highest BCUT2D eigenvalue weighted by Gasteiger charge is 2.16. The number of carbonyl (C=O) groups is 1. The summed E-state index contributed by atoms with van der Waals surface area (Å²) in [6.07, 6.45) is 0.114. The lowest BCUT2D eigenvalue weighted by atomic mass is 10.0. The van der Waals surface area contributed by atoms with Gasteiger partial charge in [-0.15, -0.1) is 0 Å². The van der Waals surface area contributed by atoms with E-state index < -0.39 is 0 Å². The second-order valence-corrected chi connectivity index (χ2v) is 3.79. The zero-order valence-corrected chi connectivity index (χ0v) is 9.68. The molecule has 1 aromatic carbocycles. The highest BCUT2D eigenvalue weighted by atomic mass is 35.5. The van der Waals surface area contributed by atoms with Crippen LogP contribution in [0, 0.1) is 6.92 Å². The van der Waals surface area contributed by atoms with Crippen LogP contribution in [0.1, 0.15) is 18.1 Å². The van der Waals surface area contributed by atoms with Crippen LogP contribution in [-0.2, 0) is 11.2 Å². The van der Waals surface area contributed by atoms with E-state index in [1.54, 1.807) is 13.0 Å². The minimum absolute atomic E-state index is 0.0525. The molecule has 1 aromatic rings. The second-order valence-electron chi connectivity index (χ2n) is 3.42. The Bertz CT molecular complexity index is 399. The number of rotatable bonds is 3. The number of aryl methyl sites for hydroxylation is 1. The van der Waals surface area contributed by atoms with Crippen molar-refractivity contribution < 1.29 is 14.6 Å². The standard InChI is InChI=1S/C11H13ClO3/c1-6-4-9(15-3)11(14)8(10(6)12)5-7(2)13/h4,14H,5H2,1-3H3. The molecule has 0 amide bonds. The molecule has 15 heavy (non-hydrogen) atoms. The van der Waals surface area contributed by atoms with E-state index >= 15 is 0 Å². The van der Waals surface area contributed by atoms with Gasteiger partial charge in [0, 0.05) is 12.0 Å². The fraction of sp³-hybridized carbons (Fsp3) is 0.364. The number of methoxy groups -OCH3 is 1. The molecule has 0 fully saturated rings. The second kappa shape index (κ2) is 4.53. The lowest BCUT2D eigenvalue weighted by Crippen LogP contribution is -2.00. The van der Waals surface area contributed by atoms with Crippen molar-refractivity contribution in [3.8, 4) is 11.5 Å². The summed E-state index contributed by atoms with van der Waals surface area (Å²) in [5, 5.41) is 10.2. The Labute approximate surface area is 93.6 Å². The number of hydrogen-bond donors (Lipinski definition) is 1. The summed E-state index contributed by atoms with van der Waals surface area (Å²) in [6, 6.07) is 1.64. The molecule has 0 radical (unpaired) electrons. The number of ketones is 1. The van der Waals surface area contributed by atoms with Gasteiger partial charge in [-0.05, 0) is 25.5 Å². The number of hydrogen-bond acceptors (Lipinski definition) is 3. The fourth-order valence-corrected chi connectivity index (χ4v) is 1.60. The molecule has 1 N–H and O–H groups in total. The molecule has 0 atom stereocenters. The van der Waals surface area contributed by atoms with Crippen molar-refractivity contribution in [3.63, 3.8) is 0 Å². The van der Waals surface area contributed by atoms with Crippen LogP contribution in [0.15, 0.2) is 6.07 Å². The maximum atomic E-state index is 11.0. The van der Waals surface area contributed by atoms with E-state index in [9.17, 15) is 9.90 Å². The van der Waals surface area contributed by atoms with Gasteiger partial charge in [-0.3, -0.25) is 4.79 Å². The Morgan fingerprint density at radius 3 is 2.67 bits per heavy atom. The average molecular weight is 229 g/mol. The van der Waals surface area contributed by atoms with Crippen molar-refractivity contribution in [3.05, 3.63) is 22.2 Å². The van der Waals surface area contributed by atoms with Gasteiger partial charge in [0.25, 0.3) is 0 Å². The molecule has 4 heteroatoms. The minimum atomic E-state index is -0.0557. The van der Waals surface area contributed by atoms with E-state index in [4.69, 9.17) is 16.3 Å². The van der Waals surface area contributed by atoms with Crippen LogP contribution in [0.5, 0.6) is 11.5 Å². The predicted molar refractivity (Wildman–Crippen MR) is 58.8 cm³/mol. The van der Waals surface area contributed by atoms with Crippen LogP contribution in [-0.4, -0.2) is 18.0 Å². The van der Waals surface area contributed by atoms with Crippen molar-refractivity contribution >= 4 is 17.4 Å². The molecule has 0 aliphatic heterocycles. The van der Waals surface area contributed by atoms with Gasteiger partial charge in [-0.2, -0.15) is 0 Å². The third kappa shape index (κ3) is 2.42. The summed E-state index contributed by atoms with van der Waals surface area (Å²) in [7, 11) is 1.46. The minimum Gasteiger partial charge on any atom is -0.504 e. The van der Waals surface area contributed by atoms with Gasteiger partial charge in [0.05, 0.1) is 12.1 Å². The van der Waals surface area contributed by atoms with Crippen molar-refractivity contribution in [2.24, 2.45) is 0 Å². The zero-order valence-electron chi connectivity index (χ0n) is 8.93. The number of phenolic OH excluding ortho intramolecular Hbond substituents is 1. The Kier molecular flexibility index (Phi) is 3.58. The van der Waals surface area contributed by atoms with Crippen molar-refractivity contribution in [1.29, 1.82) is 0 Å². The molecule has 3 nitrogen and oxygen atoms in total. The van der Waals surface area contributed by atoms with Crippen LogP contribution < -0.4 is 4.74 Å². The monoisotopic (exact) mass is 228 g/mol. The number of Topliss-reactive ketones (excluding diaryl/α,β-unsaturated/α-hetero) is 1. The number of phenols is 1. The summed E-state index contributed by atoms with van der Waals surface area (Å²) in [5.74, 6) is 0.233.